The number of benzene rings is 2. The highest BCUT2D eigenvalue weighted by Crippen LogP contribution is 2.42. The van der Waals surface area contributed by atoms with Crippen LogP contribution < -0.4 is 10.2 Å². The highest BCUT2D eigenvalue weighted by molar-refractivity contribution is 7.89. The molecular weight excluding hydrogens is 489 g/mol. The van der Waals surface area contributed by atoms with E-state index in [1.807, 2.05) is 0 Å². The highest BCUT2D eigenvalue weighted by Gasteiger charge is 2.46. The zero-order chi connectivity index (χ0) is 25.2. The number of halogens is 3. The second-order valence-electron chi connectivity index (χ2n) is 8.62. The van der Waals surface area contributed by atoms with Crippen molar-refractivity contribution in [1.82, 2.24) is 9.79 Å². The van der Waals surface area contributed by atoms with Crippen LogP contribution in [0.15, 0.2) is 53.4 Å². The Bertz CT molecular complexity index is 1140. The average molecular weight is 515 g/mol. The van der Waals surface area contributed by atoms with Gasteiger partial charge in [-0.3, -0.25) is 5.21 Å². The molecule has 0 spiro atoms. The molecule has 3 atom stereocenters. The lowest BCUT2D eigenvalue weighted by Gasteiger charge is -2.45. The zero-order valence-corrected chi connectivity index (χ0v) is 19.4. The van der Waals surface area contributed by atoms with Gasteiger partial charge in [-0.1, -0.05) is 37.1 Å². The molecule has 1 saturated carbocycles. The van der Waals surface area contributed by atoms with Crippen LogP contribution in [0, 0.1) is 11.8 Å². The van der Waals surface area contributed by atoms with Gasteiger partial charge in [0.2, 0.25) is 10.0 Å². The van der Waals surface area contributed by atoms with Crippen LogP contribution in [0.25, 0.3) is 11.1 Å². The summed E-state index contributed by atoms with van der Waals surface area (Å²) in [7, 11) is -4.04. The summed E-state index contributed by atoms with van der Waals surface area (Å²) < 4.78 is 74.4. The van der Waals surface area contributed by atoms with Crippen molar-refractivity contribution < 1.29 is 41.1 Å². The SMILES string of the molecule is O=C(NO)OC1C2CCCCC2CCN1S(=O)(=O)c1ccc(-c2ccc(OC(F)(F)F)cc2)cc1. The lowest BCUT2D eigenvalue weighted by molar-refractivity contribution is -0.274. The number of amides is 1. The first kappa shape index (κ1) is 25.3. The smallest absolute Gasteiger partial charge is 0.427 e. The summed E-state index contributed by atoms with van der Waals surface area (Å²) in [5, 5.41) is 8.92. The monoisotopic (exact) mass is 514 g/mol. The fraction of sp³-hybridized carbons (Fsp3) is 0.435. The van der Waals surface area contributed by atoms with Crippen molar-refractivity contribution in [2.75, 3.05) is 6.54 Å². The van der Waals surface area contributed by atoms with Crippen molar-refractivity contribution in [2.24, 2.45) is 11.8 Å². The van der Waals surface area contributed by atoms with Gasteiger partial charge in [0.1, 0.15) is 5.75 Å². The largest absolute Gasteiger partial charge is 0.573 e. The van der Waals surface area contributed by atoms with Gasteiger partial charge in [-0.2, -0.15) is 4.31 Å². The maximum absolute atomic E-state index is 13.5. The third-order valence-corrected chi connectivity index (χ3v) is 8.42. The molecule has 2 aromatic rings. The Labute approximate surface area is 200 Å². The normalized spacial score (nSPS) is 23.3. The number of sulfonamides is 1. The fourth-order valence-corrected chi connectivity index (χ4v) is 6.52. The van der Waals surface area contributed by atoms with E-state index in [-0.39, 0.29) is 29.0 Å². The van der Waals surface area contributed by atoms with E-state index in [0.717, 1.165) is 19.3 Å². The second kappa shape index (κ2) is 10.0. The molecule has 1 aliphatic carbocycles. The summed E-state index contributed by atoms with van der Waals surface area (Å²) >= 11 is 0. The van der Waals surface area contributed by atoms with Crippen LogP contribution in [-0.4, -0.2) is 43.2 Å². The quantitative estimate of drug-likeness (QED) is 0.435. The van der Waals surface area contributed by atoms with Gasteiger partial charge in [0.05, 0.1) is 4.90 Å². The number of nitrogens with one attached hydrogen (secondary N) is 1. The topological polar surface area (TPSA) is 105 Å². The fourth-order valence-electron chi connectivity index (χ4n) is 4.95. The number of hydrogen-bond acceptors (Lipinski definition) is 6. The van der Waals surface area contributed by atoms with Gasteiger partial charge in [0.25, 0.3) is 0 Å². The molecule has 190 valence electrons. The van der Waals surface area contributed by atoms with Crippen LogP contribution in [0.3, 0.4) is 0 Å². The predicted molar refractivity (Wildman–Crippen MR) is 118 cm³/mol. The van der Waals surface area contributed by atoms with Crippen molar-refractivity contribution in [2.45, 2.75) is 49.6 Å². The standard InChI is InChI=1S/C23H25F3N2O6S/c24-23(25,26)34-18-9-5-15(6-10-18)16-7-11-19(12-8-16)35(31,32)28-14-13-17-3-1-2-4-20(17)21(28)33-22(29)27-30/h5-12,17,20-21,30H,1-4,13-14H2,(H,27,29). The van der Waals surface area contributed by atoms with Gasteiger partial charge in [-0.05, 0) is 60.6 Å². The molecule has 4 rings (SSSR count). The molecule has 1 aliphatic heterocycles. The maximum atomic E-state index is 13.5. The number of hydroxylamine groups is 1. The Balaban J connectivity index is 1.56. The predicted octanol–water partition coefficient (Wildman–Crippen LogP) is 4.89. The van der Waals surface area contributed by atoms with Crippen molar-refractivity contribution in [3.8, 4) is 16.9 Å². The molecule has 0 aromatic heterocycles. The van der Waals surface area contributed by atoms with E-state index in [4.69, 9.17) is 9.94 Å². The number of carbonyl (C=O) groups excluding carboxylic acids is 1. The van der Waals surface area contributed by atoms with Crippen molar-refractivity contribution in [3.05, 3.63) is 48.5 Å². The van der Waals surface area contributed by atoms with Crippen molar-refractivity contribution >= 4 is 16.1 Å². The molecule has 0 bridgehead atoms. The van der Waals surface area contributed by atoms with E-state index < -0.39 is 28.7 Å². The molecule has 8 nitrogen and oxygen atoms in total. The summed E-state index contributed by atoms with van der Waals surface area (Å²) in [5.41, 5.74) is 2.58. The molecule has 2 aromatic carbocycles. The molecule has 1 amide bonds. The molecule has 1 saturated heterocycles. The minimum Gasteiger partial charge on any atom is -0.427 e. The first-order valence-corrected chi connectivity index (χ1v) is 12.6. The van der Waals surface area contributed by atoms with Crippen LogP contribution in [-0.2, 0) is 14.8 Å². The number of hydrogen-bond donors (Lipinski definition) is 2. The van der Waals surface area contributed by atoms with Gasteiger partial charge < -0.3 is 9.47 Å². The highest BCUT2D eigenvalue weighted by atomic mass is 32.2. The molecule has 2 fully saturated rings. The Morgan fingerprint density at radius 1 is 0.971 bits per heavy atom. The third-order valence-electron chi connectivity index (χ3n) is 6.54. The molecule has 1 heterocycles. The summed E-state index contributed by atoms with van der Waals surface area (Å²) in [4.78, 5) is 11.8. The van der Waals surface area contributed by atoms with E-state index in [1.165, 1.54) is 46.2 Å². The van der Waals surface area contributed by atoms with Crippen molar-refractivity contribution in [1.29, 1.82) is 0 Å². The summed E-state index contributed by atoms with van der Waals surface area (Å²) in [6.07, 6.45) is -2.71. The first-order valence-electron chi connectivity index (χ1n) is 11.2. The average Bonchev–Trinajstić information content (AvgIpc) is 2.83. The van der Waals surface area contributed by atoms with Crippen molar-refractivity contribution in [3.63, 3.8) is 0 Å². The van der Waals surface area contributed by atoms with Gasteiger partial charge in [-0.15, -0.1) is 13.2 Å². The third kappa shape index (κ3) is 5.71. The molecule has 2 N–H and O–H groups in total. The molecule has 0 radical (unpaired) electrons. The summed E-state index contributed by atoms with van der Waals surface area (Å²) in [5.74, 6) is -0.288. The van der Waals surface area contributed by atoms with Crippen LogP contribution in [0.4, 0.5) is 18.0 Å². The number of ether oxygens (including phenoxy) is 2. The molecule has 2 aliphatic rings. The number of rotatable bonds is 5. The number of piperidine rings is 1. The van der Waals surface area contributed by atoms with Crippen LogP contribution in [0.1, 0.15) is 32.1 Å². The van der Waals surface area contributed by atoms with Gasteiger partial charge >= 0.3 is 12.5 Å². The lowest BCUT2D eigenvalue weighted by atomic mass is 9.74. The Hall–Kier alpha value is -2.83. The number of alkyl halides is 3. The Morgan fingerprint density at radius 2 is 1.57 bits per heavy atom. The lowest BCUT2D eigenvalue weighted by Crippen LogP contribution is -2.54. The molecule has 35 heavy (non-hydrogen) atoms. The minimum atomic E-state index is -4.79. The zero-order valence-electron chi connectivity index (χ0n) is 18.6. The second-order valence-corrected chi connectivity index (χ2v) is 10.5. The minimum absolute atomic E-state index is 0.00876. The number of fused-ring (bicyclic) bond motifs is 1. The molecular formula is C23H25F3N2O6S. The van der Waals surface area contributed by atoms with Gasteiger partial charge in [-0.25, -0.2) is 18.7 Å². The van der Waals surface area contributed by atoms with Crippen LogP contribution >= 0.6 is 0 Å². The van der Waals surface area contributed by atoms with E-state index in [0.29, 0.717) is 24.0 Å². The van der Waals surface area contributed by atoms with Gasteiger partial charge in [0.15, 0.2) is 6.23 Å². The van der Waals surface area contributed by atoms with Crippen LogP contribution in [0.5, 0.6) is 5.75 Å². The van der Waals surface area contributed by atoms with E-state index in [9.17, 15) is 26.4 Å². The summed E-state index contributed by atoms with van der Waals surface area (Å²) in [6.45, 7) is 0.176. The number of carbonyl (C=O) groups is 1. The maximum Gasteiger partial charge on any atom is 0.573 e. The van der Waals surface area contributed by atoms with E-state index in [1.54, 1.807) is 12.1 Å². The summed E-state index contributed by atoms with van der Waals surface area (Å²) in [6, 6.07) is 11.1. The van der Waals surface area contributed by atoms with Gasteiger partial charge in [0, 0.05) is 12.5 Å². The molecule has 12 heteroatoms. The first-order chi connectivity index (χ1) is 16.6. The Morgan fingerprint density at radius 3 is 2.17 bits per heavy atom. The van der Waals surface area contributed by atoms with E-state index >= 15 is 0 Å². The van der Waals surface area contributed by atoms with E-state index in [2.05, 4.69) is 4.74 Å². The number of nitrogens with zero attached hydrogens (tertiary/aromatic N) is 1. The Kier molecular flexibility index (Phi) is 7.25. The molecule has 3 unspecified atom stereocenters. The van der Waals surface area contributed by atoms with Crippen LogP contribution in [0.2, 0.25) is 0 Å².